The molecule has 1 aromatic heterocycles. The van der Waals surface area contributed by atoms with Gasteiger partial charge in [-0.2, -0.15) is 4.57 Å². The minimum atomic E-state index is 0.942. The van der Waals surface area contributed by atoms with E-state index in [2.05, 4.69) is 6.58 Å². The lowest BCUT2D eigenvalue weighted by Gasteiger charge is -1.94. The molecule has 2 aromatic rings. The fourth-order valence-corrected chi connectivity index (χ4v) is 1.47. The summed E-state index contributed by atoms with van der Waals surface area (Å²) in [6.07, 6.45) is 5.58. The summed E-state index contributed by atoms with van der Waals surface area (Å²) in [5.41, 5.74) is 6.61. The third-order valence-electron chi connectivity index (χ3n) is 2.32. The van der Waals surface area contributed by atoms with Gasteiger partial charge in [0.2, 0.25) is 5.69 Å². The van der Waals surface area contributed by atoms with Crippen molar-refractivity contribution in [2.24, 2.45) is 5.73 Å². The molecule has 2 heteroatoms. The first-order valence-electron chi connectivity index (χ1n) is 4.79. The maximum atomic E-state index is 5.52. The summed E-state index contributed by atoms with van der Waals surface area (Å²) in [7, 11) is 0. The number of benzene rings is 1. The highest BCUT2D eigenvalue weighted by Crippen LogP contribution is 1.90. The highest BCUT2D eigenvalue weighted by molar-refractivity contribution is 5.31. The van der Waals surface area contributed by atoms with Crippen LogP contribution < -0.4 is 20.7 Å². The van der Waals surface area contributed by atoms with Crippen LogP contribution in [0.25, 0.3) is 18.5 Å². The molecule has 0 amide bonds. The first-order chi connectivity index (χ1) is 7.31. The lowest BCUT2D eigenvalue weighted by Crippen LogP contribution is -2.34. The lowest BCUT2D eigenvalue weighted by atomic mass is 10.2. The van der Waals surface area contributed by atoms with E-state index in [1.165, 1.54) is 0 Å². The molecule has 0 radical (unpaired) electrons. The number of pyridine rings is 1. The number of aromatic nitrogens is 1. The molecule has 2 rings (SSSR count). The SMILES string of the molecule is C=c1ccc(-[n+]2ccccc2)c/c1=C/N. The zero-order valence-corrected chi connectivity index (χ0v) is 8.43. The Balaban J connectivity index is 2.62. The van der Waals surface area contributed by atoms with Crippen molar-refractivity contribution in [1.82, 2.24) is 0 Å². The molecule has 74 valence electrons. The third kappa shape index (κ3) is 1.89. The molecule has 1 heterocycles. The third-order valence-corrected chi connectivity index (χ3v) is 2.32. The summed E-state index contributed by atoms with van der Waals surface area (Å²) in [6, 6.07) is 12.0. The fourth-order valence-electron chi connectivity index (χ4n) is 1.47. The summed E-state index contributed by atoms with van der Waals surface area (Å²) in [4.78, 5) is 0. The summed E-state index contributed by atoms with van der Waals surface area (Å²) in [5.74, 6) is 0. The number of nitrogens with two attached hydrogens (primary N) is 1. The van der Waals surface area contributed by atoms with Gasteiger partial charge in [0.05, 0.1) is 0 Å². The maximum Gasteiger partial charge on any atom is 0.211 e. The Labute approximate surface area is 88.6 Å². The van der Waals surface area contributed by atoms with E-state index in [1.807, 2.05) is 53.4 Å². The normalized spacial score (nSPS) is 11.6. The zero-order valence-electron chi connectivity index (χ0n) is 8.43. The Kier molecular flexibility index (Phi) is 2.50. The molecule has 0 saturated carbocycles. The Morgan fingerprint density at radius 3 is 2.53 bits per heavy atom. The summed E-state index contributed by atoms with van der Waals surface area (Å²) >= 11 is 0. The van der Waals surface area contributed by atoms with Crippen molar-refractivity contribution in [2.75, 3.05) is 0 Å². The Bertz CT molecular complexity index is 559. The van der Waals surface area contributed by atoms with Crippen molar-refractivity contribution in [1.29, 1.82) is 0 Å². The van der Waals surface area contributed by atoms with Crippen molar-refractivity contribution >= 4 is 12.8 Å². The van der Waals surface area contributed by atoms with E-state index >= 15 is 0 Å². The molecule has 0 bridgehead atoms. The standard InChI is InChI=1S/C13H13N2/c1-11-5-6-13(9-12(11)10-14)15-7-3-2-4-8-15/h2-10H,1,14H2/q+1/b12-10-. The van der Waals surface area contributed by atoms with Crippen LogP contribution in [0.15, 0.2) is 48.8 Å². The van der Waals surface area contributed by atoms with Gasteiger partial charge in [-0.15, -0.1) is 0 Å². The molecule has 0 unspecified atom stereocenters. The molecule has 0 atom stereocenters. The average molecular weight is 197 g/mol. The quantitative estimate of drug-likeness (QED) is 0.644. The topological polar surface area (TPSA) is 29.9 Å². The molecule has 1 aromatic carbocycles. The zero-order chi connectivity index (χ0) is 10.7. The largest absolute Gasteiger partial charge is 0.404 e. The van der Waals surface area contributed by atoms with Crippen LogP contribution in [0.4, 0.5) is 0 Å². The van der Waals surface area contributed by atoms with E-state index in [9.17, 15) is 0 Å². The molecule has 0 saturated heterocycles. The van der Waals surface area contributed by atoms with E-state index in [4.69, 9.17) is 5.73 Å². The monoisotopic (exact) mass is 197 g/mol. The molecular weight excluding hydrogens is 184 g/mol. The number of hydrogen-bond donors (Lipinski definition) is 1. The van der Waals surface area contributed by atoms with Gasteiger partial charge >= 0.3 is 0 Å². The first-order valence-corrected chi connectivity index (χ1v) is 4.79. The Morgan fingerprint density at radius 1 is 1.13 bits per heavy atom. The Hall–Kier alpha value is -2.09. The van der Waals surface area contributed by atoms with E-state index in [0.29, 0.717) is 0 Å². The highest BCUT2D eigenvalue weighted by Gasteiger charge is 2.02. The van der Waals surface area contributed by atoms with Crippen LogP contribution in [0.1, 0.15) is 0 Å². The van der Waals surface area contributed by atoms with Gasteiger partial charge in [0.1, 0.15) is 0 Å². The van der Waals surface area contributed by atoms with Crippen molar-refractivity contribution in [3.05, 3.63) is 59.2 Å². The van der Waals surface area contributed by atoms with Gasteiger partial charge in [0.25, 0.3) is 0 Å². The molecule has 0 spiro atoms. The van der Waals surface area contributed by atoms with Crippen LogP contribution in [0.2, 0.25) is 0 Å². The number of rotatable bonds is 1. The smallest absolute Gasteiger partial charge is 0.211 e. The molecule has 0 fully saturated rings. The second-order valence-electron chi connectivity index (χ2n) is 3.33. The molecular formula is C13H13N2+. The van der Waals surface area contributed by atoms with Gasteiger partial charge in [0.15, 0.2) is 12.4 Å². The molecule has 0 aliphatic heterocycles. The van der Waals surface area contributed by atoms with Crippen LogP contribution in [0, 0.1) is 0 Å². The lowest BCUT2D eigenvalue weighted by molar-refractivity contribution is -0.595. The molecule has 0 aliphatic rings. The van der Waals surface area contributed by atoms with Crippen LogP contribution in [-0.4, -0.2) is 0 Å². The summed E-state index contributed by atoms with van der Waals surface area (Å²) in [5, 5.41) is 1.90. The van der Waals surface area contributed by atoms with E-state index in [0.717, 1.165) is 16.1 Å². The van der Waals surface area contributed by atoms with Crippen LogP contribution >= 0.6 is 0 Å². The second-order valence-corrected chi connectivity index (χ2v) is 3.33. The minimum Gasteiger partial charge on any atom is -0.404 e. The predicted octanol–water partition coefficient (Wildman–Crippen LogP) is 0.0703. The fraction of sp³-hybridized carbons (Fsp3) is 0. The van der Waals surface area contributed by atoms with Crippen LogP contribution in [-0.2, 0) is 0 Å². The molecule has 2 N–H and O–H groups in total. The second kappa shape index (κ2) is 3.96. The van der Waals surface area contributed by atoms with E-state index in [1.54, 1.807) is 6.20 Å². The maximum absolute atomic E-state index is 5.52. The molecule has 15 heavy (non-hydrogen) atoms. The highest BCUT2D eigenvalue weighted by atomic mass is 14.9. The molecule has 2 nitrogen and oxygen atoms in total. The van der Waals surface area contributed by atoms with Crippen molar-refractivity contribution in [3.63, 3.8) is 0 Å². The van der Waals surface area contributed by atoms with Crippen molar-refractivity contribution < 1.29 is 4.57 Å². The van der Waals surface area contributed by atoms with E-state index < -0.39 is 0 Å². The number of nitrogens with zero attached hydrogens (tertiary/aromatic N) is 1. The van der Waals surface area contributed by atoms with Crippen molar-refractivity contribution in [2.45, 2.75) is 0 Å². The predicted molar refractivity (Wildman–Crippen MR) is 61.4 cm³/mol. The van der Waals surface area contributed by atoms with Crippen LogP contribution in [0.3, 0.4) is 0 Å². The van der Waals surface area contributed by atoms with Gasteiger partial charge in [-0.05, 0) is 11.3 Å². The van der Waals surface area contributed by atoms with Gasteiger partial charge in [-0.25, -0.2) is 0 Å². The first kappa shape index (κ1) is 9.46. The summed E-state index contributed by atoms with van der Waals surface area (Å²) < 4.78 is 2.03. The van der Waals surface area contributed by atoms with E-state index in [-0.39, 0.29) is 0 Å². The minimum absolute atomic E-state index is 0.942. The Morgan fingerprint density at radius 2 is 1.87 bits per heavy atom. The number of hydrogen-bond acceptors (Lipinski definition) is 1. The van der Waals surface area contributed by atoms with Gasteiger partial charge in [0, 0.05) is 35.7 Å². The van der Waals surface area contributed by atoms with Gasteiger partial charge < -0.3 is 5.73 Å². The average Bonchev–Trinajstić information content (AvgIpc) is 2.31. The van der Waals surface area contributed by atoms with Crippen LogP contribution in [0.5, 0.6) is 0 Å². The summed E-state index contributed by atoms with van der Waals surface area (Å²) in [6.45, 7) is 3.91. The van der Waals surface area contributed by atoms with Crippen molar-refractivity contribution in [3.8, 4) is 5.69 Å². The van der Waals surface area contributed by atoms with Gasteiger partial charge in [-0.1, -0.05) is 12.6 Å². The molecule has 0 aliphatic carbocycles. The van der Waals surface area contributed by atoms with Gasteiger partial charge in [-0.3, -0.25) is 0 Å².